The molecule has 1 saturated heterocycles. The number of carbonyl (C=O) groups is 2. The molecule has 2 rings (SSSR count). The highest BCUT2D eigenvalue weighted by Crippen LogP contribution is 2.10. The molecular weight excluding hydrogens is 272 g/mol. The number of ether oxygens (including phenoxy) is 1. The molecule has 0 aromatic heterocycles. The lowest BCUT2D eigenvalue weighted by atomic mass is 10.1. The van der Waals surface area contributed by atoms with Gasteiger partial charge in [-0.25, -0.2) is 4.79 Å². The smallest absolute Gasteiger partial charge is 0.312 e. The molecule has 1 heterocycles. The average Bonchev–Trinajstić information content (AvgIpc) is 2.47. The van der Waals surface area contributed by atoms with E-state index in [1.165, 1.54) is 0 Å². The minimum atomic E-state index is -0.561. The number of amides is 3. The molecule has 1 aromatic rings. The number of rotatable bonds is 5. The number of hydrogen-bond acceptors (Lipinski definition) is 4. The zero-order chi connectivity index (χ0) is 15.1. The van der Waals surface area contributed by atoms with Gasteiger partial charge in [0.25, 0.3) is 0 Å². The first-order chi connectivity index (χ1) is 10.1. The number of urea groups is 1. The summed E-state index contributed by atoms with van der Waals surface area (Å²) in [5.41, 5.74) is 6.63. The van der Waals surface area contributed by atoms with Crippen LogP contribution in [0.2, 0.25) is 0 Å². The van der Waals surface area contributed by atoms with Crippen molar-refractivity contribution in [1.82, 2.24) is 10.6 Å². The van der Waals surface area contributed by atoms with Crippen molar-refractivity contribution in [1.29, 1.82) is 0 Å². The fraction of sp³-hybridized carbons (Fsp3) is 0.429. The van der Waals surface area contributed by atoms with Crippen LogP contribution in [0.5, 0.6) is 0 Å². The fourth-order valence-corrected chi connectivity index (χ4v) is 2.08. The van der Waals surface area contributed by atoms with E-state index in [0.717, 1.165) is 17.8 Å². The fourth-order valence-electron chi connectivity index (χ4n) is 2.08. The highest BCUT2D eigenvalue weighted by Gasteiger charge is 2.16. The van der Waals surface area contributed by atoms with E-state index < -0.39 is 6.03 Å². The van der Waals surface area contributed by atoms with Gasteiger partial charge in [0, 0.05) is 31.2 Å². The maximum atomic E-state index is 11.9. The Bertz CT molecular complexity index is 483. The molecule has 0 aliphatic carbocycles. The summed E-state index contributed by atoms with van der Waals surface area (Å²) in [4.78, 5) is 22.5. The molecule has 1 aromatic carbocycles. The Balaban J connectivity index is 1.79. The average molecular weight is 292 g/mol. The van der Waals surface area contributed by atoms with Crippen molar-refractivity contribution in [3.63, 3.8) is 0 Å². The second-order valence-corrected chi connectivity index (χ2v) is 4.89. The second kappa shape index (κ2) is 7.61. The Morgan fingerprint density at radius 3 is 2.71 bits per heavy atom. The van der Waals surface area contributed by atoms with Gasteiger partial charge in [-0.15, -0.1) is 0 Å². The molecule has 114 valence electrons. The minimum Gasteiger partial charge on any atom is -0.378 e. The molecule has 3 amide bonds. The van der Waals surface area contributed by atoms with E-state index in [2.05, 4.69) is 16.0 Å². The largest absolute Gasteiger partial charge is 0.378 e. The van der Waals surface area contributed by atoms with Crippen molar-refractivity contribution in [3.05, 3.63) is 29.8 Å². The standard InChI is InChI=1S/C14H20N4O3/c15-14(20)17-8-10-1-3-11(4-2-10)18-13(19)7-12-9-21-6-5-16-12/h1-4,12,16H,5-9H2,(H,18,19)(H3,15,17,20). The van der Waals surface area contributed by atoms with Crippen LogP contribution in [0.1, 0.15) is 12.0 Å². The molecule has 0 saturated carbocycles. The number of carbonyl (C=O) groups excluding carboxylic acids is 2. The molecule has 1 aliphatic heterocycles. The maximum absolute atomic E-state index is 11.9. The summed E-state index contributed by atoms with van der Waals surface area (Å²) >= 11 is 0. The van der Waals surface area contributed by atoms with Gasteiger partial charge in [-0.1, -0.05) is 12.1 Å². The summed E-state index contributed by atoms with van der Waals surface area (Å²) in [7, 11) is 0. The molecular formula is C14H20N4O3. The summed E-state index contributed by atoms with van der Waals surface area (Å²) in [5, 5.41) is 8.57. The molecule has 0 spiro atoms. The minimum absolute atomic E-state index is 0.0546. The summed E-state index contributed by atoms with van der Waals surface area (Å²) < 4.78 is 5.31. The van der Waals surface area contributed by atoms with E-state index in [-0.39, 0.29) is 11.9 Å². The van der Waals surface area contributed by atoms with Crippen LogP contribution >= 0.6 is 0 Å². The zero-order valence-electron chi connectivity index (χ0n) is 11.7. The summed E-state index contributed by atoms with van der Waals surface area (Å²) in [5.74, 6) is -0.0546. The number of nitrogens with one attached hydrogen (secondary N) is 3. The van der Waals surface area contributed by atoms with Crippen molar-refractivity contribution in [2.24, 2.45) is 5.73 Å². The van der Waals surface area contributed by atoms with Crippen LogP contribution in [-0.2, 0) is 16.1 Å². The summed E-state index contributed by atoms with van der Waals surface area (Å²) in [6.07, 6.45) is 0.380. The van der Waals surface area contributed by atoms with E-state index in [0.29, 0.717) is 26.2 Å². The second-order valence-electron chi connectivity index (χ2n) is 4.89. The first-order valence-corrected chi connectivity index (χ1v) is 6.87. The maximum Gasteiger partial charge on any atom is 0.312 e. The quantitative estimate of drug-likeness (QED) is 0.621. The third-order valence-electron chi connectivity index (χ3n) is 3.13. The van der Waals surface area contributed by atoms with Gasteiger partial charge in [-0.05, 0) is 17.7 Å². The van der Waals surface area contributed by atoms with Crippen LogP contribution in [0.25, 0.3) is 0 Å². The molecule has 7 nitrogen and oxygen atoms in total. The lowest BCUT2D eigenvalue weighted by molar-refractivity contribution is -0.117. The normalized spacial score (nSPS) is 18.0. The van der Waals surface area contributed by atoms with Gasteiger partial charge in [0.1, 0.15) is 0 Å². The Hall–Kier alpha value is -2.12. The van der Waals surface area contributed by atoms with E-state index in [9.17, 15) is 9.59 Å². The number of benzene rings is 1. The molecule has 0 bridgehead atoms. The lowest BCUT2D eigenvalue weighted by Crippen LogP contribution is -2.43. The Kier molecular flexibility index (Phi) is 5.53. The van der Waals surface area contributed by atoms with Gasteiger partial charge in [0.2, 0.25) is 5.91 Å². The van der Waals surface area contributed by atoms with Crippen molar-refractivity contribution in [2.45, 2.75) is 19.0 Å². The molecule has 0 radical (unpaired) electrons. The van der Waals surface area contributed by atoms with Crippen molar-refractivity contribution in [2.75, 3.05) is 25.1 Å². The summed E-state index contributed by atoms with van der Waals surface area (Å²) in [6, 6.07) is 6.75. The Labute approximate surface area is 123 Å². The topological polar surface area (TPSA) is 105 Å². The van der Waals surface area contributed by atoms with Crippen LogP contribution in [0.15, 0.2) is 24.3 Å². The molecule has 21 heavy (non-hydrogen) atoms. The highest BCUT2D eigenvalue weighted by atomic mass is 16.5. The van der Waals surface area contributed by atoms with Crippen LogP contribution < -0.4 is 21.7 Å². The van der Waals surface area contributed by atoms with Crippen LogP contribution in [0, 0.1) is 0 Å². The van der Waals surface area contributed by atoms with Gasteiger partial charge in [-0.3, -0.25) is 4.79 Å². The Morgan fingerprint density at radius 2 is 2.10 bits per heavy atom. The van der Waals surface area contributed by atoms with Crippen LogP contribution in [-0.4, -0.2) is 37.7 Å². The molecule has 1 atom stereocenters. The van der Waals surface area contributed by atoms with E-state index in [1.807, 2.05) is 12.1 Å². The highest BCUT2D eigenvalue weighted by molar-refractivity contribution is 5.91. The number of morpholine rings is 1. The first-order valence-electron chi connectivity index (χ1n) is 6.87. The molecule has 1 fully saturated rings. The Morgan fingerprint density at radius 1 is 1.33 bits per heavy atom. The molecule has 7 heteroatoms. The molecule has 1 unspecified atom stereocenters. The van der Waals surface area contributed by atoms with Crippen molar-refractivity contribution >= 4 is 17.6 Å². The van der Waals surface area contributed by atoms with Crippen LogP contribution in [0.3, 0.4) is 0 Å². The first kappa shape index (κ1) is 15.3. The third-order valence-corrected chi connectivity index (χ3v) is 3.13. The monoisotopic (exact) mass is 292 g/mol. The van der Waals surface area contributed by atoms with Crippen molar-refractivity contribution in [3.8, 4) is 0 Å². The molecule has 5 N–H and O–H groups in total. The van der Waals surface area contributed by atoms with Gasteiger partial charge < -0.3 is 26.4 Å². The van der Waals surface area contributed by atoms with Gasteiger partial charge >= 0.3 is 6.03 Å². The lowest BCUT2D eigenvalue weighted by Gasteiger charge is -2.23. The predicted molar refractivity (Wildman–Crippen MR) is 78.7 cm³/mol. The van der Waals surface area contributed by atoms with E-state index >= 15 is 0 Å². The van der Waals surface area contributed by atoms with Gasteiger partial charge in [0.05, 0.1) is 13.2 Å². The number of nitrogens with two attached hydrogens (primary N) is 1. The molecule has 1 aliphatic rings. The number of primary amides is 1. The summed E-state index contributed by atoms with van der Waals surface area (Å²) in [6.45, 7) is 2.40. The third kappa shape index (κ3) is 5.41. The number of anilines is 1. The van der Waals surface area contributed by atoms with Crippen LogP contribution in [0.4, 0.5) is 10.5 Å². The van der Waals surface area contributed by atoms with Crippen molar-refractivity contribution < 1.29 is 14.3 Å². The predicted octanol–water partition coefficient (Wildman–Crippen LogP) is 0.172. The zero-order valence-corrected chi connectivity index (χ0v) is 11.7. The van der Waals surface area contributed by atoms with E-state index in [4.69, 9.17) is 10.5 Å². The number of hydrogen-bond donors (Lipinski definition) is 4. The van der Waals surface area contributed by atoms with Gasteiger partial charge in [0.15, 0.2) is 0 Å². The van der Waals surface area contributed by atoms with Gasteiger partial charge in [-0.2, -0.15) is 0 Å². The van der Waals surface area contributed by atoms with E-state index in [1.54, 1.807) is 12.1 Å². The SMILES string of the molecule is NC(=O)NCc1ccc(NC(=O)CC2COCCN2)cc1.